The van der Waals surface area contributed by atoms with Crippen LogP contribution in [-0.4, -0.2) is 55.1 Å². The molecule has 0 saturated carbocycles. The van der Waals surface area contributed by atoms with Crippen LogP contribution in [-0.2, 0) is 10.3 Å². The number of ether oxygens (including phenoxy) is 1. The predicted molar refractivity (Wildman–Crippen MR) is 120 cm³/mol. The molecule has 1 aliphatic rings. The molecule has 1 unspecified atom stereocenters. The molecule has 1 aliphatic heterocycles. The van der Waals surface area contributed by atoms with Crippen molar-refractivity contribution < 1.29 is 19.3 Å². The lowest BCUT2D eigenvalue weighted by molar-refractivity contribution is -0.0136. The van der Waals surface area contributed by atoms with E-state index >= 15 is 4.39 Å². The van der Waals surface area contributed by atoms with Gasteiger partial charge >= 0.3 is 0 Å². The Kier molecular flexibility index (Phi) is 6.10. The lowest BCUT2D eigenvalue weighted by Crippen LogP contribution is -2.42. The lowest BCUT2D eigenvalue weighted by atomic mass is 10.1. The first kappa shape index (κ1) is 22.8. The molecule has 172 valence electrons. The standard InChI is InChI=1S/C22H27ClFN5O3/c1-11(30)20-27-19-14(24)7-12(8-16(19)29(20)22(2,3)4)18-13(23)9-25-21(28-18)26-15-5-6-32-10-17(15)31/h7-9,11,15,17,30-31H,5-6,10H2,1-4H3,(H,25,26,28)/t11?,15-,17-/m1/s1. The highest BCUT2D eigenvalue weighted by atomic mass is 35.5. The Morgan fingerprint density at radius 2 is 2.06 bits per heavy atom. The molecule has 4 rings (SSSR count). The molecule has 1 aromatic carbocycles. The van der Waals surface area contributed by atoms with Crippen molar-refractivity contribution in [3.8, 4) is 11.3 Å². The second kappa shape index (κ2) is 8.55. The number of aromatic nitrogens is 4. The number of aliphatic hydroxyl groups is 2. The highest BCUT2D eigenvalue weighted by molar-refractivity contribution is 6.33. The summed E-state index contributed by atoms with van der Waals surface area (Å²) < 4.78 is 22.2. The fourth-order valence-electron chi connectivity index (χ4n) is 3.97. The van der Waals surface area contributed by atoms with Crippen molar-refractivity contribution in [3.63, 3.8) is 0 Å². The first-order valence-electron chi connectivity index (χ1n) is 10.5. The van der Waals surface area contributed by atoms with E-state index in [1.54, 1.807) is 13.0 Å². The number of nitrogens with one attached hydrogen (secondary N) is 1. The van der Waals surface area contributed by atoms with Crippen LogP contribution in [0, 0.1) is 5.82 Å². The molecule has 10 heteroatoms. The fourth-order valence-corrected chi connectivity index (χ4v) is 4.17. The molecule has 0 amide bonds. The number of anilines is 1. The van der Waals surface area contributed by atoms with Crippen molar-refractivity contribution in [2.45, 2.75) is 57.9 Å². The van der Waals surface area contributed by atoms with E-state index < -0.39 is 23.6 Å². The summed E-state index contributed by atoms with van der Waals surface area (Å²) in [6, 6.07) is 2.84. The molecule has 1 saturated heterocycles. The first-order valence-corrected chi connectivity index (χ1v) is 10.9. The highest BCUT2D eigenvalue weighted by Crippen LogP contribution is 2.35. The van der Waals surface area contributed by atoms with Crippen molar-refractivity contribution in [2.75, 3.05) is 18.5 Å². The van der Waals surface area contributed by atoms with E-state index in [0.717, 1.165) is 0 Å². The van der Waals surface area contributed by atoms with Gasteiger partial charge in [0.25, 0.3) is 0 Å². The van der Waals surface area contributed by atoms with Gasteiger partial charge in [0.1, 0.15) is 17.4 Å². The van der Waals surface area contributed by atoms with Gasteiger partial charge in [-0.25, -0.2) is 19.3 Å². The number of aliphatic hydroxyl groups excluding tert-OH is 2. The molecule has 1 fully saturated rings. The normalized spacial score (nSPS) is 20.5. The van der Waals surface area contributed by atoms with Crippen LogP contribution in [0.3, 0.4) is 0 Å². The van der Waals surface area contributed by atoms with E-state index in [4.69, 9.17) is 16.3 Å². The molecule has 3 atom stereocenters. The predicted octanol–water partition coefficient (Wildman–Crippen LogP) is 3.66. The topological polar surface area (TPSA) is 105 Å². The Morgan fingerprint density at radius 3 is 2.72 bits per heavy atom. The van der Waals surface area contributed by atoms with Crippen molar-refractivity contribution >= 4 is 28.6 Å². The Bertz CT molecular complexity index is 1140. The third kappa shape index (κ3) is 4.30. The van der Waals surface area contributed by atoms with E-state index in [9.17, 15) is 10.2 Å². The second-order valence-electron chi connectivity index (χ2n) is 9.05. The number of imidazole rings is 1. The van der Waals surface area contributed by atoms with Crippen LogP contribution in [0.2, 0.25) is 5.02 Å². The summed E-state index contributed by atoms with van der Waals surface area (Å²) in [6.45, 7) is 8.25. The maximum Gasteiger partial charge on any atom is 0.223 e. The molecule has 3 aromatic rings. The first-order chi connectivity index (χ1) is 15.1. The van der Waals surface area contributed by atoms with Gasteiger partial charge in [0.2, 0.25) is 5.95 Å². The summed E-state index contributed by atoms with van der Waals surface area (Å²) in [4.78, 5) is 13.1. The SMILES string of the molecule is CC(O)c1nc2c(F)cc(-c3nc(N[C@@H]4CCOC[C@H]4O)ncc3Cl)cc2n1C(C)(C)C. The number of fused-ring (bicyclic) bond motifs is 1. The summed E-state index contributed by atoms with van der Waals surface area (Å²) in [5.41, 5.74) is 1.07. The summed E-state index contributed by atoms with van der Waals surface area (Å²) >= 11 is 6.38. The Hall–Kier alpha value is -2.33. The summed E-state index contributed by atoms with van der Waals surface area (Å²) in [6.07, 6.45) is 0.507. The van der Waals surface area contributed by atoms with E-state index in [1.807, 2.05) is 25.3 Å². The average Bonchev–Trinajstić information content (AvgIpc) is 3.12. The monoisotopic (exact) mass is 463 g/mol. The Labute approximate surface area is 190 Å². The molecule has 0 bridgehead atoms. The van der Waals surface area contributed by atoms with Crippen LogP contribution in [0.15, 0.2) is 18.3 Å². The number of hydrogen-bond acceptors (Lipinski definition) is 7. The Morgan fingerprint density at radius 1 is 1.31 bits per heavy atom. The molecule has 32 heavy (non-hydrogen) atoms. The molecule has 3 N–H and O–H groups in total. The molecule has 8 nitrogen and oxygen atoms in total. The van der Waals surface area contributed by atoms with Crippen LogP contribution in [0.4, 0.5) is 10.3 Å². The van der Waals surface area contributed by atoms with Gasteiger partial charge in [0.05, 0.1) is 41.2 Å². The van der Waals surface area contributed by atoms with Crippen molar-refractivity contribution in [3.05, 3.63) is 35.0 Å². The zero-order valence-corrected chi connectivity index (χ0v) is 19.2. The van der Waals surface area contributed by atoms with Crippen LogP contribution < -0.4 is 5.32 Å². The van der Waals surface area contributed by atoms with Gasteiger partial charge in [-0.3, -0.25) is 0 Å². The van der Waals surface area contributed by atoms with Crippen molar-refractivity contribution in [1.82, 2.24) is 19.5 Å². The molecular formula is C22H27ClFN5O3. The molecule has 2 aromatic heterocycles. The minimum atomic E-state index is -0.867. The molecule has 0 aliphatic carbocycles. The van der Waals surface area contributed by atoms with E-state index in [0.29, 0.717) is 35.6 Å². The minimum Gasteiger partial charge on any atom is -0.389 e. The van der Waals surface area contributed by atoms with Crippen LogP contribution in [0.1, 0.15) is 46.0 Å². The lowest BCUT2D eigenvalue weighted by Gasteiger charge is -2.28. The highest BCUT2D eigenvalue weighted by Gasteiger charge is 2.27. The van der Waals surface area contributed by atoms with Crippen LogP contribution >= 0.6 is 11.6 Å². The van der Waals surface area contributed by atoms with Gasteiger partial charge < -0.3 is 24.8 Å². The quantitative estimate of drug-likeness (QED) is 0.542. The van der Waals surface area contributed by atoms with Crippen molar-refractivity contribution in [1.29, 1.82) is 0 Å². The minimum absolute atomic E-state index is 0.174. The number of rotatable bonds is 4. The summed E-state index contributed by atoms with van der Waals surface area (Å²) in [7, 11) is 0. The van der Waals surface area contributed by atoms with Crippen molar-refractivity contribution in [2.24, 2.45) is 0 Å². The van der Waals surface area contributed by atoms with Gasteiger partial charge in [0.15, 0.2) is 5.82 Å². The van der Waals surface area contributed by atoms with Gasteiger partial charge in [-0.05, 0) is 46.2 Å². The summed E-state index contributed by atoms with van der Waals surface area (Å²) in [5, 5.41) is 23.7. The van der Waals surface area contributed by atoms with Gasteiger partial charge in [-0.1, -0.05) is 11.6 Å². The Balaban J connectivity index is 1.81. The van der Waals surface area contributed by atoms with Crippen LogP contribution in [0.5, 0.6) is 0 Å². The van der Waals surface area contributed by atoms with E-state index in [-0.39, 0.29) is 29.1 Å². The second-order valence-corrected chi connectivity index (χ2v) is 9.46. The third-order valence-electron chi connectivity index (χ3n) is 5.44. The fraction of sp³-hybridized carbons (Fsp3) is 0.500. The molecular weight excluding hydrogens is 437 g/mol. The van der Waals surface area contributed by atoms with Gasteiger partial charge in [0, 0.05) is 17.7 Å². The van der Waals surface area contributed by atoms with Gasteiger partial charge in [-0.2, -0.15) is 0 Å². The third-order valence-corrected chi connectivity index (χ3v) is 5.72. The largest absolute Gasteiger partial charge is 0.389 e. The zero-order valence-electron chi connectivity index (χ0n) is 18.4. The maximum atomic E-state index is 15.1. The molecule has 0 radical (unpaired) electrons. The number of halogens is 2. The summed E-state index contributed by atoms with van der Waals surface area (Å²) in [5.74, 6) is 0.129. The zero-order chi connectivity index (χ0) is 23.2. The average molecular weight is 464 g/mol. The smallest absolute Gasteiger partial charge is 0.223 e. The number of nitrogens with zero attached hydrogens (tertiary/aromatic N) is 4. The van der Waals surface area contributed by atoms with Crippen LogP contribution in [0.25, 0.3) is 22.3 Å². The van der Waals surface area contributed by atoms with E-state index in [2.05, 4.69) is 20.3 Å². The number of benzene rings is 1. The number of hydrogen-bond donors (Lipinski definition) is 3. The van der Waals surface area contributed by atoms with Gasteiger partial charge in [-0.15, -0.1) is 0 Å². The molecule has 3 heterocycles. The maximum absolute atomic E-state index is 15.1. The van der Waals surface area contributed by atoms with E-state index in [1.165, 1.54) is 12.3 Å². The molecule has 0 spiro atoms.